The second-order valence-electron chi connectivity index (χ2n) is 5.14. The van der Waals surface area contributed by atoms with Gasteiger partial charge in [0.05, 0.1) is 12.6 Å². The summed E-state index contributed by atoms with van der Waals surface area (Å²) in [6.45, 7) is 2.04. The lowest BCUT2D eigenvalue weighted by Crippen LogP contribution is -2.32. The third-order valence-corrected chi connectivity index (χ3v) is 3.62. The summed E-state index contributed by atoms with van der Waals surface area (Å²) in [6.07, 6.45) is 0. The maximum Gasteiger partial charge on any atom is 0.248 e. The van der Waals surface area contributed by atoms with Crippen molar-refractivity contribution >= 4 is 29.1 Å². The molecular formula is C17H18ClN3O2. The summed E-state index contributed by atoms with van der Waals surface area (Å²) in [7, 11) is 0. The fraction of sp³-hybridized carbons (Fsp3) is 0.176. The molecule has 2 rings (SSSR count). The molecule has 120 valence electrons. The maximum absolute atomic E-state index is 12.0. The van der Waals surface area contributed by atoms with E-state index < -0.39 is 5.91 Å². The van der Waals surface area contributed by atoms with Gasteiger partial charge < -0.3 is 16.4 Å². The van der Waals surface area contributed by atoms with Crippen LogP contribution < -0.4 is 16.4 Å². The molecule has 0 fully saturated rings. The molecule has 0 aliphatic rings. The van der Waals surface area contributed by atoms with E-state index in [4.69, 9.17) is 17.3 Å². The van der Waals surface area contributed by atoms with Crippen LogP contribution in [0.2, 0.25) is 5.02 Å². The molecule has 0 heterocycles. The van der Waals surface area contributed by atoms with Crippen LogP contribution in [0.1, 0.15) is 28.9 Å². The first kappa shape index (κ1) is 16.8. The van der Waals surface area contributed by atoms with E-state index >= 15 is 0 Å². The fourth-order valence-electron chi connectivity index (χ4n) is 2.06. The molecule has 0 saturated heterocycles. The lowest BCUT2D eigenvalue weighted by molar-refractivity contribution is -0.120. The molecule has 2 aromatic carbocycles. The Balaban J connectivity index is 1.84. The minimum atomic E-state index is -0.480. The van der Waals surface area contributed by atoms with Gasteiger partial charge >= 0.3 is 0 Å². The molecule has 2 amide bonds. The second kappa shape index (κ2) is 7.65. The van der Waals surface area contributed by atoms with Crippen molar-refractivity contribution < 1.29 is 9.59 Å². The predicted molar refractivity (Wildman–Crippen MR) is 91.5 cm³/mol. The fourth-order valence-corrected chi connectivity index (χ4v) is 2.19. The monoisotopic (exact) mass is 331 g/mol. The Morgan fingerprint density at radius 3 is 2.26 bits per heavy atom. The Labute approximate surface area is 139 Å². The molecule has 0 spiro atoms. The van der Waals surface area contributed by atoms with Gasteiger partial charge in [-0.3, -0.25) is 9.59 Å². The van der Waals surface area contributed by atoms with Crippen molar-refractivity contribution in [3.63, 3.8) is 0 Å². The van der Waals surface area contributed by atoms with Gasteiger partial charge in [-0.05, 0) is 48.9 Å². The number of rotatable bonds is 6. The predicted octanol–water partition coefficient (Wildman–Crippen LogP) is 2.73. The quantitative estimate of drug-likeness (QED) is 0.761. The molecule has 5 nitrogen and oxygen atoms in total. The summed E-state index contributed by atoms with van der Waals surface area (Å²) in [5, 5.41) is 6.55. The van der Waals surface area contributed by atoms with E-state index in [9.17, 15) is 9.59 Å². The number of anilines is 1. The average Bonchev–Trinajstić information content (AvgIpc) is 2.54. The highest BCUT2D eigenvalue weighted by Crippen LogP contribution is 2.16. The van der Waals surface area contributed by atoms with E-state index in [0.29, 0.717) is 10.6 Å². The molecule has 0 aromatic heterocycles. The molecule has 2 aromatic rings. The van der Waals surface area contributed by atoms with Crippen molar-refractivity contribution in [2.24, 2.45) is 5.73 Å². The zero-order valence-electron chi connectivity index (χ0n) is 12.7. The van der Waals surface area contributed by atoms with E-state index in [1.54, 1.807) is 36.4 Å². The zero-order chi connectivity index (χ0) is 16.8. The van der Waals surface area contributed by atoms with Gasteiger partial charge in [-0.2, -0.15) is 0 Å². The topological polar surface area (TPSA) is 84.2 Å². The number of benzene rings is 2. The second-order valence-corrected chi connectivity index (χ2v) is 5.57. The summed E-state index contributed by atoms with van der Waals surface area (Å²) < 4.78 is 0. The molecule has 4 N–H and O–H groups in total. The van der Waals surface area contributed by atoms with Gasteiger partial charge in [0, 0.05) is 16.3 Å². The molecule has 0 radical (unpaired) electrons. The minimum absolute atomic E-state index is 0.112. The Kier molecular flexibility index (Phi) is 5.60. The average molecular weight is 332 g/mol. The molecule has 1 unspecified atom stereocenters. The highest BCUT2D eigenvalue weighted by molar-refractivity contribution is 6.30. The van der Waals surface area contributed by atoms with Crippen LogP contribution in [0.15, 0.2) is 48.5 Å². The maximum atomic E-state index is 12.0. The lowest BCUT2D eigenvalue weighted by Gasteiger charge is -2.15. The van der Waals surface area contributed by atoms with Crippen LogP contribution in [0.4, 0.5) is 5.69 Å². The van der Waals surface area contributed by atoms with E-state index in [-0.39, 0.29) is 18.5 Å². The number of amides is 2. The summed E-state index contributed by atoms with van der Waals surface area (Å²) in [5.41, 5.74) is 7.32. The molecule has 6 heteroatoms. The van der Waals surface area contributed by atoms with Crippen LogP contribution in [0.5, 0.6) is 0 Å². The number of primary amides is 1. The third kappa shape index (κ3) is 5.00. The largest absolute Gasteiger partial charge is 0.376 e. The first-order valence-corrected chi connectivity index (χ1v) is 7.52. The van der Waals surface area contributed by atoms with E-state index in [2.05, 4.69) is 10.6 Å². The number of nitrogens with one attached hydrogen (secondary N) is 2. The molecular weight excluding hydrogens is 314 g/mol. The SMILES string of the molecule is CC(NC(=O)CNc1ccc(C(N)=O)cc1)c1ccc(Cl)cc1. The normalized spacial score (nSPS) is 11.6. The smallest absolute Gasteiger partial charge is 0.248 e. The van der Waals surface area contributed by atoms with Crippen molar-refractivity contribution in [3.8, 4) is 0 Å². The summed E-state index contributed by atoms with van der Waals surface area (Å²) in [4.78, 5) is 23.0. The van der Waals surface area contributed by atoms with Crippen LogP contribution in [0.3, 0.4) is 0 Å². The van der Waals surface area contributed by atoms with Crippen LogP contribution in [-0.4, -0.2) is 18.4 Å². The standard InChI is InChI=1S/C17H18ClN3O2/c1-11(12-2-6-14(18)7-3-12)21-16(22)10-20-15-8-4-13(5-9-15)17(19)23/h2-9,11,20H,10H2,1H3,(H2,19,23)(H,21,22). The van der Waals surface area contributed by atoms with Crippen molar-refractivity contribution in [1.82, 2.24) is 5.32 Å². The van der Waals surface area contributed by atoms with Gasteiger partial charge in [0.2, 0.25) is 11.8 Å². The van der Waals surface area contributed by atoms with Gasteiger partial charge in [-0.1, -0.05) is 23.7 Å². The molecule has 0 aliphatic heterocycles. The van der Waals surface area contributed by atoms with Gasteiger partial charge in [0.1, 0.15) is 0 Å². The van der Waals surface area contributed by atoms with Crippen LogP contribution in [0, 0.1) is 0 Å². The number of carbonyl (C=O) groups is 2. The summed E-state index contributed by atoms with van der Waals surface area (Å²) >= 11 is 5.84. The van der Waals surface area contributed by atoms with Gasteiger partial charge in [0.15, 0.2) is 0 Å². The third-order valence-electron chi connectivity index (χ3n) is 3.37. The molecule has 23 heavy (non-hydrogen) atoms. The number of hydrogen-bond acceptors (Lipinski definition) is 3. The summed E-state index contributed by atoms with van der Waals surface area (Å²) in [6, 6.07) is 13.9. The van der Waals surface area contributed by atoms with E-state index in [1.807, 2.05) is 19.1 Å². The highest BCUT2D eigenvalue weighted by atomic mass is 35.5. The van der Waals surface area contributed by atoms with E-state index in [0.717, 1.165) is 11.3 Å². The first-order valence-electron chi connectivity index (χ1n) is 7.14. The molecule has 0 bridgehead atoms. The molecule has 0 saturated carbocycles. The first-order chi connectivity index (χ1) is 11.0. The number of nitrogens with two attached hydrogens (primary N) is 1. The van der Waals surface area contributed by atoms with Crippen molar-refractivity contribution in [2.75, 3.05) is 11.9 Å². The Hall–Kier alpha value is -2.53. The van der Waals surface area contributed by atoms with Gasteiger partial charge in [0.25, 0.3) is 0 Å². The number of halogens is 1. The van der Waals surface area contributed by atoms with Gasteiger partial charge in [-0.15, -0.1) is 0 Å². The highest BCUT2D eigenvalue weighted by Gasteiger charge is 2.09. The Morgan fingerprint density at radius 2 is 1.70 bits per heavy atom. The zero-order valence-corrected chi connectivity index (χ0v) is 13.4. The minimum Gasteiger partial charge on any atom is -0.376 e. The number of carbonyl (C=O) groups excluding carboxylic acids is 2. The lowest BCUT2D eigenvalue weighted by atomic mass is 10.1. The molecule has 0 aliphatic carbocycles. The van der Waals surface area contributed by atoms with E-state index in [1.165, 1.54) is 0 Å². The van der Waals surface area contributed by atoms with Crippen LogP contribution in [0.25, 0.3) is 0 Å². The van der Waals surface area contributed by atoms with Crippen LogP contribution in [-0.2, 0) is 4.79 Å². The number of hydrogen-bond donors (Lipinski definition) is 3. The van der Waals surface area contributed by atoms with Crippen LogP contribution >= 0.6 is 11.6 Å². The summed E-state index contributed by atoms with van der Waals surface area (Å²) in [5.74, 6) is -0.613. The van der Waals surface area contributed by atoms with Crippen molar-refractivity contribution in [1.29, 1.82) is 0 Å². The van der Waals surface area contributed by atoms with Crippen molar-refractivity contribution in [2.45, 2.75) is 13.0 Å². The Morgan fingerprint density at radius 1 is 1.09 bits per heavy atom. The molecule has 1 atom stereocenters. The Bertz CT molecular complexity index is 684. The van der Waals surface area contributed by atoms with Crippen molar-refractivity contribution in [3.05, 3.63) is 64.7 Å². The van der Waals surface area contributed by atoms with Gasteiger partial charge in [-0.25, -0.2) is 0 Å².